The number of halogens is 3. The maximum atomic E-state index is 12.6. The van der Waals surface area contributed by atoms with Gasteiger partial charge in [0.25, 0.3) is 5.91 Å². The molecular formula is C12H19ClF2N2O3S2. The molecule has 0 atom stereocenters. The lowest BCUT2D eigenvalue weighted by Crippen LogP contribution is -2.39. The summed E-state index contributed by atoms with van der Waals surface area (Å²) in [4.78, 5) is 12.7. The molecule has 1 aromatic heterocycles. The van der Waals surface area contributed by atoms with E-state index < -0.39 is 26.4 Å². The van der Waals surface area contributed by atoms with Crippen molar-refractivity contribution in [2.75, 3.05) is 20.1 Å². The van der Waals surface area contributed by atoms with Gasteiger partial charge in [0.1, 0.15) is 4.88 Å². The molecule has 0 unspecified atom stereocenters. The molecule has 1 rings (SSSR count). The van der Waals surface area contributed by atoms with Crippen molar-refractivity contribution < 1.29 is 22.0 Å². The first-order valence-electron chi connectivity index (χ1n) is 6.08. The predicted molar refractivity (Wildman–Crippen MR) is 84.6 cm³/mol. The van der Waals surface area contributed by atoms with Crippen molar-refractivity contribution >= 4 is 39.5 Å². The minimum atomic E-state index is -4.79. The van der Waals surface area contributed by atoms with Crippen LogP contribution in [0.5, 0.6) is 0 Å². The lowest BCUT2D eigenvalue weighted by molar-refractivity contribution is 0.0742. The lowest BCUT2D eigenvalue weighted by atomic mass is 9.93. The third-order valence-electron chi connectivity index (χ3n) is 2.93. The van der Waals surface area contributed by atoms with Gasteiger partial charge in [-0.1, -0.05) is 13.8 Å². The Hall–Kier alpha value is -0.770. The lowest BCUT2D eigenvalue weighted by Gasteiger charge is -2.28. The molecule has 128 valence electrons. The van der Waals surface area contributed by atoms with Crippen molar-refractivity contribution in [2.24, 2.45) is 11.1 Å². The van der Waals surface area contributed by atoms with Gasteiger partial charge in [-0.05, 0) is 23.4 Å². The third kappa shape index (κ3) is 4.61. The molecule has 0 spiro atoms. The van der Waals surface area contributed by atoms with Crippen molar-refractivity contribution in [2.45, 2.75) is 24.5 Å². The van der Waals surface area contributed by atoms with E-state index >= 15 is 0 Å². The molecule has 0 fully saturated rings. The second-order valence-electron chi connectivity index (χ2n) is 5.45. The van der Waals surface area contributed by atoms with E-state index in [9.17, 15) is 22.0 Å². The third-order valence-corrected chi connectivity index (χ3v) is 5.38. The number of nitrogens with two attached hydrogens (primary N) is 1. The largest absolute Gasteiger partial charge is 0.341 e. The van der Waals surface area contributed by atoms with Gasteiger partial charge in [0.05, 0.1) is 4.90 Å². The SMILES string of the molecule is CN(CC(C)(C)CN)C(=O)c1sccc1S(=O)(=O)C(F)F.Cl. The maximum Gasteiger partial charge on any atom is 0.341 e. The minimum Gasteiger partial charge on any atom is -0.340 e. The van der Waals surface area contributed by atoms with E-state index in [4.69, 9.17) is 5.73 Å². The van der Waals surface area contributed by atoms with Crippen LogP contribution >= 0.6 is 23.7 Å². The first-order chi connectivity index (χ1) is 9.53. The van der Waals surface area contributed by atoms with E-state index in [1.807, 2.05) is 13.8 Å². The van der Waals surface area contributed by atoms with Crippen molar-refractivity contribution in [3.8, 4) is 0 Å². The Bertz CT molecular complexity index is 618. The van der Waals surface area contributed by atoms with Crippen molar-refractivity contribution in [3.63, 3.8) is 0 Å². The van der Waals surface area contributed by atoms with Gasteiger partial charge in [0, 0.05) is 13.6 Å². The zero-order valence-electron chi connectivity index (χ0n) is 12.4. The number of amides is 1. The molecule has 0 saturated carbocycles. The van der Waals surface area contributed by atoms with Crippen LogP contribution in [0.25, 0.3) is 0 Å². The number of nitrogens with zero attached hydrogens (tertiary/aromatic N) is 1. The van der Waals surface area contributed by atoms with Gasteiger partial charge in [0.15, 0.2) is 0 Å². The summed E-state index contributed by atoms with van der Waals surface area (Å²) in [7, 11) is -3.30. The van der Waals surface area contributed by atoms with E-state index in [1.54, 1.807) is 0 Å². The molecule has 0 aliphatic carbocycles. The molecule has 1 amide bonds. The summed E-state index contributed by atoms with van der Waals surface area (Å²) in [6.07, 6.45) is 0. The average molecular weight is 377 g/mol. The molecule has 22 heavy (non-hydrogen) atoms. The van der Waals surface area contributed by atoms with Crippen LogP contribution in [0.4, 0.5) is 8.78 Å². The van der Waals surface area contributed by atoms with Crippen LogP contribution in [-0.4, -0.2) is 45.1 Å². The van der Waals surface area contributed by atoms with Crippen molar-refractivity contribution in [3.05, 3.63) is 16.3 Å². The van der Waals surface area contributed by atoms with Gasteiger partial charge < -0.3 is 10.6 Å². The molecule has 2 N–H and O–H groups in total. The Morgan fingerprint density at radius 3 is 2.45 bits per heavy atom. The van der Waals surface area contributed by atoms with Crippen LogP contribution < -0.4 is 5.73 Å². The van der Waals surface area contributed by atoms with E-state index in [2.05, 4.69) is 0 Å². The Balaban J connectivity index is 0.00000441. The van der Waals surface area contributed by atoms with E-state index in [0.29, 0.717) is 6.54 Å². The number of alkyl halides is 2. The number of carbonyl (C=O) groups excluding carboxylic acids is 1. The first kappa shape index (κ1) is 21.2. The van der Waals surface area contributed by atoms with Gasteiger partial charge in [-0.3, -0.25) is 4.79 Å². The highest BCUT2D eigenvalue weighted by Gasteiger charge is 2.33. The fraction of sp³-hybridized carbons (Fsp3) is 0.583. The van der Waals surface area contributed by atoms with Crippen LogP contribution in [0.15, 0.2) is 16.3 Å². The second-order valence-corrected chi connectivity index (χ2v) is 8.25. The molecule has 1 heterocycles. The van der Waals surface area contributed by atoms with Crippen LogP contribution in [0.3, 0.4) is 0 Å². The number of hydrogen-bond donors (Lipinski definition) is 1. The van der Waals surface area contributed by atoms with Crippen LogP contribution in [0, 0.1) is 5.41 Å². The molecule has 0 saturated heterocycles. The monoisotopic (exact) mass is 376 g/mol. The molecule has 0 aliphatic rings. The number of hydrogen-bond acceptors (Lipinski definition) is 5. The maximum absolute atomic E-state index is 12.6. The topological polar surface area (TPSA) is 80.5 Å². The summed E-state index contributed by atoms with van der Waals surface area (Å²) in [6.45, 7) is 4.32. The fourth-order valence-electron chi connectivity index (χ4n) is 1.73. The van der Waals surface area contributed by atoms with Crippen molar-refractivity contribution in [1.82, 2.24) is 4.90 Å². The summed E-state index contributed by atoms with van der Waals surface area (Å²) in [6, 6.07) is 1.03. The van der Waals surface area contributed by atoms with Gasteiger partial charge in [-0.2, -0.15) is 8.78 Å². The van der Waals surface area contributed by atoms with Gasteiger partial charge in [0.2, 0.25) is 9.84 Å². The number of sulfone groups is 1. The number of rotatable bonds is 6. The molecule has 5 nitrogen and oxygen atoms in total. The standard InChI is InChI=1S/C12H18F2N2O3S2.ClH/c1-12(2,6-15)7-16(3)10(17)9-8(4-5-20-9)21(18,19)11(13)14;/h4-5,11H,6-7,15H2,1-3H3;1H. The Kier molecular flexibility index (Phi) is 7.40. The fourth-order valence-corrected chi connectivity index (χ4v) is 3.88. The summed E-state index contributed by atoms with van der Waals surface area (Å²) < 4.78 is 48.3. The van der Waals surface area contributed by atoms with Crippen LogP contribution in [0.1, 0.15) is 23.5 Å². The molecule has 10 heteroatoms. The zero-order chi connectivity index (χ0) is 16.4. The Morgan fingerprint density at radius 1 is 1.45 bits per heavy atom. The second kappa shape index (κ2) is 7.67. The highest BCUT2D eigenvalue weighted by atomic mass is 35.5. The summed E-state index contributed by atoms with van der Waals surface area (Å²) >= 11 is 0.829. The molecule has 0 aliphatic heterocycles. The van der Waals surface area contributed by atoms with Crippen LogP contribution in [-0.2, 0) is 9.84 Å². The molecule has 0 radical (unpaired) electrons. The summed E-state index contributed by atoms with van der Waals surface area (Å²) in [5.74, 6) is -4.16. The van der Waals surface area contributed by atoms with Crippen molar-refractivity contribution in [1.29, 1.82) is 0 Å². The Morgan fingerprint density at radius 2 is 2.00 bits per heavy atom. The normalized spacial score (nSPS) is 12.1. The predicted octanol–water partition coefficient (Wildman–Crippen LogP) is 2.22. The first-order valence-corrected chi connectivity index (χ1v) is 8.50. The summed E-state index contributed by atoms with van der Waals surface area (Å²) in [5, 5.41) is 1.31. The highest BCUT2D eigenvalue weighted by Crippen LogP contribution is 2.28. The molecule has 1 aromatic rings. The quantitative estimate of drug-likeness (QED) is 0.825. The van der Waals surface area contributed by atoms with Crippen LogP contribution in [0.2, 0.25) is 0 Å². The molecule has 0 aromatic carbocycles. The Labute approximate surface area is 138 Å². The van der Waals surface area contributed by atoms with E-state index in [0.717, 1.165) is 17.4 Å². The van der Waals surface area contributed by atoms with Gasteiger partial charge in [-0.25, -0.2) is 8.42 Å². The smallest absolute Gasteiger partial charge is 0.340 e. The van der Waals surface area contributed by atoms with E-state index in [-0.39, 0.29) is 29.2 Å². The number of carbonyl (C=O) groups is 1. The van der Waals surface area contributed by atoms with E-state index in [1.165, 1.54) is 17.3 Å². The zero-order valence-corrected chi connectivity index (χ0v) is 14.8. The molecular weight excluding hydrogens is 358 g/mol. The number of thiophene rings is 1. The minimum absolute atomic E-state index is 0. The summed E-state index contributed by atoms with van der Waals surface area (Å²) in [5.41, 5.74) is 5.22. The van der Waals surface area contributed by atoms with Gasteiger partial charge in [-0.15, -0.1) is 23.7 Å². The average Bonchev–Trinajstić information content (AvgIpc) is 2.86. The molecule has 0 bridgehead atoms. The highest BCUT2D eigenvalue weighted by molar-refractivity contribution is 7.92. The van der Waals surface area contributed by atoms with Gasteiger partial charge >= 0.3 is 5.76 Å².